The molecule has 1 aliphatic heterocycles. The molecular formula is C20H23N7O. The number of imidazole rings is 1. The molecule has 28 heavy (non-hydrogen) atoms. The van der Waals surface area contributed by atoms with Gasteiger partial charge in [-0.05, 0) is 24.1 Å². The standard InChI is InChI=1S/C20H23N7O/c1-2-16-3-5-17(6-4-16)24-20(28)26-11-9-25(10-12-26)18-13-19(23-14-22-18)27-8-7-21-15-27/h3-8,13-15H,2,9-12H2,1H3,(H,24,28). The summed E-state index contributed by atoms with van der Waals surface area (Å²) < 4.78 is 1.85. The lowest BCUT2D eigenvalue weighted by Crippen LogP contribution is -2.50. The molecule has 1 saturated heterocycles. The smallest absolute Gasteiger partial charge is 0.321 e. The number of nitrogens with one attached hydrogen (secondary N) is 1. The SMILES string of the molecule is CCc1ccc(NC(=O)N2CCN(c3cc(-n4ccnc4)ncn3)CC2)cc1. The first kappa shape index (κ1) is 18.0. The predicted molar refractivity (Wildman–Crippen MR) is 108 cm³/mol. The molecule has 3 heterocycles. The van der Waals surface area contributed by atoms with E-state index in [0.29, 0.717) is 13.1 Å². The molecule has 2 aromatic heterocycles. The molecule has 0 bridgehead atoms. The highest BCUT2D eigenvalue weighted by atomic mass is 16.2. The van der Waals surface area contributed by atoms with Crippen LogP contribution in [0, 0.1) is 0 Å². The van der Waals surface area contributed by atoms with Crippen molar-refractivity contribution >= 4 is 17.5 Å². The highest BCUT2D eigenvalue weighted by molar-refractivity contribution is 5.89. The van der Waals surface area contributed by atoms with Gasteiger partial charge in [0.15, 0.2) is 0 Å². The Bertz CT molecular complexity index is 916. The van der Waals surface area contributed by atoms with Crippen LogP contribution in [0.25, 0.3) is 5.82 Å². The van der Waals surface area contributed by atoms with E-state index in [0.717, 1.165) is 36.8 Å². The fraction of sp³-hybridized carbons (Fsp3) is 0.300. The number of benzene rings is 1. The maximum atomic E-state index is 12.5. The molecule has 0 saturated carbocycles. The molecule has 0 aliphatic carbocycles. The first-order valence-corrected chi connectivity index (χ1v) is 9.43. The van der Waals surface area contributed by atoms with Crippen LogP contribution in [0.1, 0.15) is 12.5 Å². The van der Waals surface area contributed by atoms with Crippen LogP contribution in [0.4, 0.5) is 16.3 Å². The van der Waals surface area contributed by atoms with Gasteiger partial charge in [0.25, 0.3) is 0 Å². The van der Waals surface area contributed by atoms with E-state index in [-0.39, 0.29) is 6.03 Å². The number of aromatic nitrogens is 4. The Morgan fingerprint density at radius 3 is 2.50 bits per heavy atom. The van der Waals surface area contributed by atoms with Crippen LogP contribution in [0.3, 0.4) is 0 Å². The van der Waals surface area contributed by atoms with Crippen LogP contribution in [0.15, 0.2) is 55.4 Å². The van der Waals surface area contributed by atoms with Crippen molar-refractivity contribution in [3.05, 3.63) is 60.9 Å². The van der Waals surface area contributed by atoms with E-state index >= 15 is 0 Å². The van der Waals surface area contributed by atoms with E-state index in [4.69, 9.17) is 0 Å². The van der Waals surface area contributed by atoms with Gasteiger partial charge in [-0.2, -0.15) is 0 Å². The van der Waals surface area contributed by atoms with Crippen LogP contribution in [0.2, 0.25) is 0 Å². The molecule has 0 radical (unpaired) electrons. The number of urea groups is 1. The summed E-state index contributed by atoms with van der Waals surface area (Å²) in [6, 6.07) is 9.86. The zero-order valence-electron chi connectivity index (χ0n) is 15.8. The predicted octanol–water partition coefficient (Wildman–Crippen LogP) is 2.58. The second-order valence-electron chi connectivity index (χ2n) is 6.66. The number of anilines is 2. The zero-order chi connectivity index (χ0) is 19.3. The molecule has 0 unspecified atom stereocenters. The van der Waals surface area contributed by atoms with E-state index in [1.807, 2.05) is 46.0 Å². The number of carbonyl (C=O) groups is 1. The summed E-state index contributed by atoms with van der Waals surface area (Å²) in [6.45, 7) is 4.85. The van der Waals surface area contributed by atoms with E-state index in [1.165, 1.54) is 5.56 Å². The van der Waals surface area contributed by atoms with Crippen LogP contribution in [-0.4, -0.2) is 56.6 Å². The van der Waals surface area contributed by atoms with E-state index < -0.39 is 0 Å². The van der Waals surface area contributed by atoms with E-state index in [2.05, 4.69) is 32.1 Å². The molecule has 1 aromatic carbocycles. The molecule has 144 valence electrons. The Labute approximate surface area is 163 Å². The number of hydrogen-bond donors (Lipinski definition) is 1. The fourth-order valence-corrected chi connectivity index (χ4v) is 3.21. The summed E-state index contributed by atoms with van der Waals surface area (Å²) >= 11 is 0. The summed E-state index contributed by atoms with van der Waals surface area (Å²) in [7, 11) is 0. The number of carbonyl (C=O) groups excluding carboxylic acids is 1. The van der Waals surface area contributed by atoms with Gasteiger partial charge in [0.2, 0.25) is 0 Å². The van der Waals surface area contributed by atoms with Crippen molar-refractivity contribution in [3.8, 4) is 5.82 Å². The number of piperazine rings is 1. The average Bonchev–Trinajstić information content (AvgIpc) is 3.29. The van der Waals surface area contributed by atoms with Gasteiger partial charge in [0.1, 0.15) is 24.3 Å². The van der Waals surface area contributed by atoms with Crippen molar-refractivity contribution in [2.45, 2.75) is 13.3 Å². The van der Waals surface area contributed by atoms with Gasteiger partial charge < -0.3 is 15.1 Å². The number of hydrogen-bond acceptors (Lipinski definition) is 5. The van der Waals surface area contributed by atoms with Crippen LogP contribution in [-0.2, 0) is 6.42 Å². The Balaban J connectivity index is 1.35. The number of nitrogens with zero attached hydrogens (tertiary/aromatic N) is 6. The lowest BCUT2D eigenvalue weighted by atomic mass is 10.1. The first-order valence-electron chi connectivity index (χ1n) is 9.43. The molecule has 4 rings (SSSR count). The van der Waals surface area contributed by atoms with Gasteiger partial charge >= 0.3 is 6.03 Å². The third-order valence-corrected chi connectivity index (χ3v) is 4.91. The third-order valence-electron chi connectivity index (χ3n) is 4.91. The van der Waals surface area contributed by atoms with Crippen molar-refractivity contribution in [3.63, 3.8) is 0 Å². The zero-order valence-corrected chi connectivity index (χ0v) is 15.8. The van der Waals surface area contributed by atoms with Crippen molar-refractivity contribution < 1.29 is 4.79 Å². The highest BCUT2D eigenvalue weighted by Gasteiger charge is 2.22. The number of rotatable bonds is 4. The van der Waals surface area contributed by atoms with Gasteiger partial charge in [-0.1, -0.05) is 19.1 Å². The summed E-state index contributed by atoms with van der Waals surface area (Å²) in [5.41, 5.74) is 2.08. The normalized spacial score (nSPS) is 14.2. The minimum atomic E-state index is -0.0642. The average molecular weight is 377 g/mol. The van der Waals surface area contributed by atoms with E-state index in [9.17, 15) is 4.79 Å². The van der Waals surface area contributed by atoms with Crippen LogP contribution < -0.4 is 10.2 Å². The maximum absolute atomic E-state index is 12.5. The molecule has 0 atom stereocenters. The molecule has 8 heteroatoms. The second-order valence-corrected chi connectivity index (χ2v) is 6.66. The minimum absolute atomic E-state index is 0.0642. The summed E-state index contributed by atoms with van der Waals surface area (Å²) in [4.78, 5) is 29.3. The Kier molecular flexibility index (Phi) is 5.18. The van der Waals surface area contributed by atoms with Crippen molar-refractivity contribution in [2.24, 2.45) is 0 Å². The number of amides is 2. The third kappa shape index (κ3) is 3.95. The molecule has 3 aromatic rings. The summed E-state index contributed by atoms with van der Waals surface area (Å²) in [6.07, 6.45) is 7.82. The molecule has 0 spiro atoms. The Morgan fingerprint density at radius 2 is 1.82 bits per heavy atom. The van der Waals surface area contributed by atoms with E-state index in [1.54, 1.807) is 18.9 Å². The second kappa shape index (κ2) is 8.08. The molecule has 8 nitrogen and oxygen atoms in total. The van der Waals surface area contributed by atoms with Gasteiger partial charge in [-0.15, -0.1) is 0 Å². The quantitative estimate of drug-likeness (QED) is 0.756. The Hall–Kier alpha value is -3.42. The topological polar surface area (TPSA) is 79.2 Å². The lowest BCUT2D eigenvalue weighted by molar-refractivity contribution is 0.208. The summed E-state index contributed by atoms with van der Waals surface area (Å²) in [5, 5.41) is 2.98. The maximum Gasteiger partial charge on any atom is 0.321 e. The number of aryl methyl sites for hydroxylation is 1. The lowest BCUT2D eigenvalue weighted by Gasteiger charge is -2.35. The van der Waals surface area contributed by atoms with Gasteiger partial charge in [-0.3, -0.25) is 4.57 Å². The Morgan fingerprint density at radius 1 is 1.07 bits per heavy atom. The minimum Gasteiger partial charge on any atom is -0.353 e. The van der Waals surface area contributed by atoms with Gasteiger partial charge in [0, 0.05) is 50.3 Å². The molecule has 2 amide bonds. The monoisotopic (exact) mass is 377 g/mol. The van der Waals surface area contributed by atoms with Crippen molar-refractivity contribution in [2.75, 3.05) is 36.4 Å². The molecular weight excluding hydrogens is 354 g/mol. The van der Waals surface area contributed by atoms with Gasteiger partial charge in [-0.25, -0.2) is 19.7 Å². The largest absolute Gasteiger partial charge is 0.353 e. The van der Waals surface area contributed by atoms with Crippen LogP contribution in [0.5, 0.6) is 0 Å². The fourth-order valence-electron chi connectivity index (χ4n) is 3.21. The summed E-state index contributed by atoms with van der Waals surface area (Å²) in [5.74, 6) is 1.63. The van der Waals surface area contributed by atoms with Gasteiger partial charge in [0.05, 0.1) is 0 Å². The highest BCUT2D eigenvalue weighted by Crippen LogP contribution is 2.17. The first-order chi connectivity index (χ1) is 13.7. The van der Waals surface area contributed by atoms with Crippen LogP contribution >= 0.6 is 0 Å². The van der Waals surface area contributed by atoms with Crippen molar-refractivity contribution in [1.29, 1.82) is 0 Å². The van der Waals surface area contributed by atoms with Crippen molar-refractivity contribution in [1.82, 2.24) is 24.4 Å². The molecule has 1 aliphatic rings. The molecule has 1 N–H and O–H groups in total. The molecule has 1 fully saturated rings.